The second-order valence-electron chi connectivity index (χ2n) is 7.79. The summed E-state index contributed by atoms with van der Waals surface area (Å²) in [4.78, 5) is 24.0. The lowest BCUT2D eigenvalue weighted by atomic mass is 9.94. The number of halogens is 1. The van der Waals surface area contributed by atoms with Crippen molar-refractivity contribution in [2.45, 2.75) is 44.9 Å². The number of nitrogens with zero attached hydrogens (tertiary/aromatic N) is 4. The molecule has 0 aliphatic carbocycles. The Morgan fingerprint density at radius 1 is 1.20 bits per heavy atom. The van der Waals surface area contributed by atoms with Crippen molar-refractivity contribution >= 4 is 5.91 Å². The molecule has 0 bridgehead atoms. The summed E-state index contributed by atoms with van der Waals surface area (Å²) in [6, 6.07) is 12.5. The highest BCUT2D eigenvalue weighted by molar-refractivity contribution is 5.76. The predicted molar refractivity (Wildman–Crippen MR) is 114 cm³/mol. The molecule has 1 fully saturated rings. The van der Waals surface area contributed by atoms with Gasteiger partial charge in [-0.05, 0) is 49.1 Å². The lowest BCUT2D eigenvalue weighted by molar-refractivity contribution is -0.132. The number of amides is 1. The zero-order valence-corrected chi connectivity index (χ0v) is 17.3. The maximum absolute atomic E-state index is 13.1. The molecule has 1 amide bonds. The van der Waals surface area contributed by atoms with E-state index in [-0.39, 0.29) is 17.6 Å². The van der Waals surface area contributed by atoms with Gasteiger partial charge in [-0.25, -0.2) is 14.4 Å². The molecule has 6 heteroatoms. The van der Waals surface area contributed by atoms with Gasteiger partial charge in [0.2, 0.25) is 5.91 Å². The molecule has 5 nitrogen and oxygen atoms in total. The molecule has 156 valence electrons. The quantitative estimate of drug-likeness (QED) is 0.613. The number of benzene rings is 1. The number of carbonyl (C=O) groups is 1. The van der Waals surface area contributed by atoms with Crippen molar-refractivity contribution in [3.63, 3.8) is 0 Å². The molecule has 1 unspecified atom stereocenters. The molecular formula is C24H27FN4O. The zero-order valence-electron chi connectivity index (χ0n) is 17.3. The topological polar surface area (TPSA) is 51.0 Å². The predicted octanol–water partition coefficient (Wildman–Crippen LogP) is 4.31. The number of piperidine rings is 1. The average Bonchev–Trinajstić information content (AvgIpc) is 3.28. The first kappa shape index (κ1) is 20.3. The van der Waals surface area contributed by atoms with Crippen LogP contribution in [-0.4, -0.2) is 38.4 Å². The van der Waals surface area contributed by atoms with E-state index < -0.39 is 0 Å². The standard InChI is InChI=1S/C24H27FN4O/c1-2-22-26-14-16-29(22)23-7-3-6-21(27-23)19-5-4-15-28(17-19)24(30)13-10-18-8-11-20(25)12-9-18/h3,6-9,11-12,14,16,19H,2,4-5,10,13,15,17H2,1H3. The van der Waals surface area contributed by atoms with Crippen molar-refractivity contribution in [3.05, 3.63) is 77.8 Å². The van der Waals surface area contributed by atoms with Crippen LogP contribution in [0.4, 0.5) is 4.39 Å². The Bertz CT molecular complexity index is 998. The largest absolute Gasteiger partial charge is 0.342 e. The van der Waals surface area contributed by atoms with Gasteiger partial charge in [0.15, 0.2) is 0 Å². The van der Waals surface area contributed by atoms with Crippen LogP contribution in [0.25, 0.3) is 5.82 Å². The maximum atomic E-state index is 13.1. The number of aromatic nitrogens is 3. The smallest absolute Gasteiger partial charge is 0.222 e. The third kappa shape index (κ3) is 4.58. The van der Waals surface area contributed by atoms with Crippen LogP contribution in [0.15, 0.2) is 54.9 Å². The Morgan fingerprint density at radius 3 is 2.83 bits per heavy atom. The summed E-state index contributed by atoms with van der Waals surface area (Å²) in [6.07, 6.45) is 7.67. The molecule has 0 N–H and O–H groups in total. The molecule has 1 aliphatic rings. The molecule has 4 rings (SSSR count). The van der Waals surface area contributed by atoms with E-state index in [1.54, 1.807) is 18.3 Å². The van der Waals surface area contributed by atoms with Gasteiger partial charge in [-0.2, -0.15) is 0 Å². The minimum Gasteiger partial charge on any atom is -0.342 e. The van der Waals surface area contributed by atoms with E-state index in [1.165, 1.54) is 12.1 Å². The molecule has 1 atom stereocenters. The molecule has 0 saturated carbocycles. The van der Waals surface area contributed by atoms with Crippen molar-refractivity contribution in [2.24, 2.45) is 0 Å². The highest BCUT2D eigenvalue weighted by atomic mass is 19.1. The van der Waals surface area contributed by atoms with Gasteiger partial charge < -0.3 is 4.90 Å². The fourth-order valence-corrected chi connectivity index (χ4v) is 4.11. The summed E-state index contributed by atoms with van der Waals surface area (Å²) in [5.74, 6) is 2.01. The van der Waals surface area contributed by atoms with Gasteiger partial charge in [0.1, 0.15) is 17.5 Å². The number of likely N-dealkylation sites (tertiary alicyclic amines) is 1. The van der Waals surface area contributed by atoms with E-state index in [2.05, 4.69) is 18.0 Å². The summed E-state index contributed by atoms with van der Waals surface area (Å²) >= 11 is 0. The summed E-state index contributed by atoms with van der Waals surface area (Å²) in [5, 5.41) is 0. The summed E-state index contributed by atoms with van der Waals surface area (Å²) in [7, 11) is 0. The van der Waals surface area contributed by atoms with Crippen LogP contribution in [0.5, 0.6) is 0 Å². The Kier molecular flexibility index (Phi) is 6.21. The van der Waals surface area contributed by atoms with E-state index in [0.717, 1.165) is 48.7 Å². The summed E-state index contributed by atoms with van der Waals surface area (Å²) in [6.45, 7) is 3.57. The maximum Gasteiger partial charge on any atom is 0.222 e. The van der Waals surface area contributed by atoms with E-state index in [1.807, 2.05) is 27.8 Å². The number of pyridine rings is 1. The second kappa shape index (κ2) is 9.20. The molecule has 3 heterocycles. The fourth-order valence-electron chi connectivity index (χ4n) is 4.11. The third-order valence-electron chi connectivity index (χ3n) is 5.77. The lowest BCUT2D eigenvalue weighted by Gasteiger charge is -2.32. The fraction of sp³-hybridized carbons (Fsp3) is 0.375. The number of imidazole rings is 1. The minimum absolute atomic E-state index is 0.156. The first-order valence-electron chi connectivity index (χ1n) is 10.7. The van der Waals surface area contributed by atoms with Crippen LogP contribution in [-0.2, 0) is 17.6 Å². The van der Waals surface area contributed by atoms with Gasteiger partial charge in [-0.3, -0.25) is 9.36 Å². The summed E-state index contributed by atoms with van der Waals surface area (Å²) in [5.41, 5.74) is 2.01. The van der Waals surface area contributed by atoms with Gasteiger partial charge >= 0.3 is 0 Å². The van der Waals surface area contributed by atoms with Crippen LogP contribution < -0.4 is 0 Å². The Labute approximate surface area is 176 Å². The van der Waals surface area contributed by atoms with Crippen molar-refractivity contribution in [2.75, 3.05) is 13.1 Å². The molecule has 3 aromatic rings. The molecule has 1 aromatic carbocycles. The lowest BCUT2D eigenvalue weighted by Crippen LogP contribution is -2.39. The number of hydrogen-bond acceptors (Lipinski definition) is 3. The van der Waals surface area contributed by atoms with E-state index >= 15 is 0 Å². The Balaban J connectivity index is 1.41. The Hall–Kier alpha value is -3.02. The van der Waals surface area contributed by atoms with Gasteiger partial charge in [0, 0.05) is 49.9 Å². The van der Waals surface area contributed by atoms with Crippen LogP contribution in [0.3, 0.4) is 0 Å². The first-order chi connectivity index (χ1) is 14.6. The van der Waals surface area contributed by atoms with E-state index in [0.29, 0.717) is 19.4 Å². The van der Waals surface area contributed by atoms with E-state index in [4.69, 9.17) is 4.98 Å². The van der Waals surface area contributed by atoms with Crippen LogP contribution in [0.1, 0.15) is 49.2 Å². The minimum atomic E-state index is -0.250. The van der Waals surface area contributed by atoms with Crippen LogP contribution in [0, 0.1) is 5.82 Å². The molecule has 0 spiro atoms. The SMILES string of the molecule is CCc1nccn1-c1cccc(C2CCCN(C(=O)CCc3ccc(F)cc3)C2)n1. The van der Waals surface area contributed by atoms with Crippen LogP contribution >= 0.6 is 0 Å². The number of aryl methyl sites for hydroxylation is 2. The summed E-state index contributed by atoms with van der Waals surface area (Å²) < 4.78 is 15.1. The van der Waals surface area contributed by atoms with Gasteiger partial charge in [0.05, 0.1) is 0 Å². The van der Waals surface area contributed by atoms with Crippen molar-refractivity contribution in [1.82, 2.24) is 19.4 Å². The Morgan fingerprint density at radius 2 is 2.03 bits per heavy atom. The van der Waals surface area contributed by atoms with Crippen molar-refractivity contribution < 1.29 is 9.18 Å². The van der Waals surface area contributed by atoms with Crippen molar-refractivity contribution in [1.29, 1.82) is 0 Å². The van der Waals surface area contributed by atoms with Crippen molar-refractivity contribution in [3.8, 4) is 5.82 Å². The number of hydrogen-bond donors (Lipinski definition) is 0. The average molecular weight is 407 g/mol. The highest BCUT2D eigenvalue weighted by Crippen LogP contribution is 2.27. The molecular weight excluding hydrogens is 379 g/mol. The van der Waals surface area contributed by atoms with Crippen LogP contribution in [0.2, 0.25) is 0 Å². The molecule has 1 aliphatic heterocycles. The van der Waals surface area contributed by atoms with Gasteiger partial charge in [-0.1, -0.05) is 25.1 Å². The third-order valence-corrected chi connectivity index (χ3v) is 5.77. The normalized spacial score (nSPS) is 16.6. The molecule has 30 heavy (non-hydrogen) atoms. The van der Waals surface area contributed by atoms with Gasteiger partial charge in [0.25, 0.3) is 0 Å². The number of rotatable bonds is 6. The van der Waals surface area contributed by atoms with E-state index in [9.17, 15) is 9.18 Å². The monoisotopic (exact) mass is 406 g/mol. The highest BCUT2D eigenvalue weighted by Gasteiger charge is 2.25. The molecule has 2 aromatic heterocycles. The first-order valence-corrected chi connectivity index (χ1v) is 10.7. The molecule has 1 saturated heterocycles. The number of carbonyl (C=O) groups excluding carboxylic acids is 1. The second-order valence-corrected chi connectivity index (χ2v) is 7.79. The molecule has 0 radical (unpaired) electrons. The van der Waals surface area contributed by atoms with Gasteiger partial charge in [-0.15, -0.1) is 0 Å². The zero-order chi connectivity index (χ0) is 20.9.